The zero-order chi connectivity index (χ0) is 15.3. The number of amides is 1. The van der Waals surface area contributed by atoms with Gasteiger partial charge in [0, 0.05) is 12.8 Å². The lowest BCUT2D eigenvalue weighted by atomic mass is 9.84. The molecule has 1 atom stereocenters. The van der Waals surface area contributed by atoms with Crippen LogP contribution in [0.1, 0.15) is 31.4 Å². The molecule has 3 heteroatoms. The van der Waals surface area contributed by atoms with Gasteiger partial charge in [0.25, 0.3) is 0 Å². The van der Waals surface area contributed by atoms with Crippen molar-refractivity contribution in [3.8, 4) is 0 Å². The van der Waals surface area contributed by atoms with Crippen LogP contribution < -0.4 is 5.84 Å². The van der Waals surface area contributed by atoms with E-state index in [-0.39, 0.29) is 5.91 Å². The van der Waals surface area contributed by atoms with Crippen LogP contribution >= 0.6 is 0 Å². The van der Waals surface area contributed by atoms with Crippen molar-refractivity contribution in [2.24, 2.45) is 5.84 Å². The Morgan fingerprint density at radius 1 is 1.05 bits per heavy atom. The number of carbonyl (C=O) groups is 1. The fraction of sp³-hybridized carbons (Fsp3) is 0.278. The second-order valence-corrected chi connectivity index (χ2v) is 5.42. The smallest absolute Gasteiger partial charge is 0.237 e. The van der Waals surface area contributed by atoms with Gasteiger partial charge in [-0.1, -0.05) is 67.6 Å². The lowest BCUT2D eigenvalue weighted by molar-refractivity contribution is -0.137. The van der Waals surface area contributed by atoms with Gasteiger partial charge in [-0.25, -0.2) is 5.84 Å². The molecule has 0 saturated heterocycles. The van der Waals surface area contributed by atoms with Crippen molar-refractivity contribution < 1.29 is 4.79 Å². The van der Waals surface area contributed by atoms with Gasteiger partial charge < -0.3 is 0 Å². The molecule has 2 rings (SSSR count). The summed E-state index contributed by atoms with van der Waals surface area (Å²) >= 11 is 0. The number of benzene rings is 2. The maximum atomic E-state index is 12.1. The predicted molar refractivity (Wildman–Crippen MR) is 85.3 cm³/mol. The summed E-state index contributed by atoms with van der Waals surface area (Å²) < 4.78 is 0. The van der Waals surface area contributed by atoms with Gasteiger partial charge >= 0.3 is 0 Å². The van der Waals surface area contributed by atoms with Crippen LogP contribution in [0.15, 0.2) is 60.7 Å². The Hall–Kier alpha value is -2.13. The summed E-state index contributed by atoms with van der Waals surface area (Å²) in [6.45, 7) is 3.85. The molecule has 0 aliphatic carbocycles. The van der Waals surface area contributed by atoms with E-state index in [1.54, 1.807) is 0 Å². The molecule has 0 aromatic heterocycles. The molecule has 0 aliphatic heterocycles. The zero-order valence-electron chi connectivity index (χ0n) is 12.6. The fourth-order valence-electron chi connectivity index (χ4n) is 2.56. The maximum absolute atomic E-state index is 12.1. The summed E-state index contributed by atoms with van der Waals surface area (Å²) in [5.41, 5.74) is 1.64. The largest absolute Gasteiger partial charge is 0.273 e. The number of nitrogens with zero attached hydrogens (tertiary/aromatic N) is 1. The van der Waals surface area contributed by atoms with Gasteiger partial charge in [0.2, 0.25) is 5.91 Å². The van der Waals surface area contributed by atoms with Crippen molar-refractivity contribution in [2.45, 2.75) is 32.2 Å². The van der Waals surface area contributed by atoms with Crippen LogP contribution in [-0.4, -0.2) is 10.9 Å². The molecule has 2 N–H and O–H groups in total. The quantitative estimate of drug-likeness (QED) is 0.520. The van der Waals surface area contributed by atoms with Crippen molar-refractivity contribution >= 4 is 5.91 Å². The van der Waals surface area contributed by atoms with Gasteiger partial charge in [-0.2, -0.15) is 0 Å². The van der Waals surface area contributed by atoms with E-state index in [0.29, 0.717) is 12.8 Å². The van der Waals surface area contributed by atoms with Crippen molar-refractivity contribution in [3.05, 3.63) is 71.8 Å². The third kappa shape index (κ3) is 3.31. The highest BCUT2D eigenvalue weighted by molar-refractivity contribution is 5.76. The van der Waals surface area contributed by atoms with E-state index in [2.05, 4.69) is 12.1 Å². The minimum Gasteiger partial charge on any atom is -0.273 e. The van der Waals surface area contributed by atoms with Crippen LogP contribution in [0.3, 0.4) is 0 Å². The van der Waals surface area contributed by atoms with E-state index >= 15 is 0 Å². The molecule has 21 heavy (non-hydrogen) atoms. The van der Waals surface area contributed by atoms with Gasteiger partial charge in [-0.3, -0.25) is 9.80 Å². The summed E-state index contributed by atoms with van der Waals surface area (Å²) in [4.78, 5) is 12.1. The van der Waals surface area contributed by atoms with E-state index in [4.69, 9.17) is 5.84 Å². The number of rotatable bonds is 5. The topological polar surface area (TPSA) is 46.3 Å². The molecule has 2 aromatic carbocycles. The first-order valence-corrected chi connectivity index (χ1v) is 7.25. The first kappa shape index (κ1) is 15.3. The molecule has 1 unspecified atom stereocenters. The zero-order valence-corrected chi connectivity index (χ0v) is 12.6. The SMILES string of the molecule is CCC(=O)N(N)C(C)(Cc1ccccc1)c1ccccc1. The van der Waals surface area contributed by atoms with Gasteiger partial charge in [0.05, 0.1) is 5.54 Å². The van der Waals surface area contributed by atoms with E-state index in [0.717, 1.165) is 11.1 Å². The average molecular weight is 282 g/mol. The molecular formula is C18H22N2O. The van der Waals surface area contributed by atoms with E-state index in [1.807, 2.05) is 62.4 Å². The number of hydrogen-bond donors (Lipinski definition) is 1. The normalized spacial score (nSPS) is 13.5. The number of nitrogens with two attached hydrogens (primary N) is 1. The highest BCUT2D eigenvalue weighted by Gasteiger charge is 2.34. The molecule has 0 bridgehead atoms. The first-order chi connectivity index (χ1) is 10.1. The van der Waals surface area contributed by atoms with Crippen LogP contribution in [0.4, 0.5) is 0 Å². The minimum atomic E-state index is -0.560. The van der Waals surface area contributed by atoms with Crippen molar-refractivity contribution in [1.82, 2.24) is 5.01 Å². The Morgan fingerprint density at radius 2 is 1.57 bits per heavy atom. The molecule has 0 radical (unpaired) electrons. The van der Waals surface area contributed by atoms with Crippen LogP contribution in [-0.2, 0) is 16.8 Å². The Morgan fingerprint density at radius 3 is 2.10 bits per heavy atom. The summed E-state index contributed by atoms with van der Waals surface area (Å²) in [6, 6.07) is 20.1. The average Bonchev–Trinajstić information content (AvgIpc) is 2.55. The number of carbonyl (C=O) groups excluding carboxylic acids is 1. The van der Waals surface area contributed by atoms with Crippen LogP contribution in [0.25, 0.3) is 0 Å². The number of hydrogen-bond acceptors (Lipinski definition) is 2. The molecular weight excluding hydrogens is 260 g/mol. The molecule has 3 nitrogen and oxygen atoms in total. The summed E-state index contributed by atoms with van der Waals surface area (Å²) in [5, 5.41) is 1.38. The molecule has 0 fully saturated rings. The second kappa shape index (κ2) is 6.55. The van der Waals surface area contributed by atoms with Crippen LogP contribution in [0, 0.1) is 0 Å². The predicted octanol–water partition coefficient (Wildman–Crippen LogP) is 3.26. The van der Waals surface area contributed by atoms with Gasteiger partial charge in [-0.05, 0) is 18.1 Å². The Balaban J connectivity index is 2.41. The fourth-order valence-corrected chi connectivity index (χ4v) is 2.56. The van der Waals surface area contributed by atoms with Gasteiger partial charge in [0.15, 0.2) is 0 Å². The van der Waals surface area contributed by atoms with Crippen LogP contribution in [0.2, 0.25) is 0 Å². The Bertz CT molecular complexity index is 583. The van der Waals surface area contributed by atoms with E-state index in [1.165, 1.54) is 5.01 Å². The van der Waals surface area contributed by atoms with Gasteiger partial charge in [0.1, 0.15) is 0 Å². The molecule has 2 aromatic rings. The third-order valence-electron chi connectivity index (χ3n) is 3.89. The van der Waals surface area contributed by atoms with Crippen molar-refractivity contribution in [1.29, 1.82) is 0 Å². The van der Waals surface area contributed by atoms with Crippen LogP contribution in [0.5, 0.6) is 0 Å². The summed E-state index contributed by atoms with van der Waals surface area (Å²) in [6.07, 6.45) is 1.08. The lowest BCUT2D eigenvalue weighted by Crippen LogP contribution is -2.53. The minimum absolute atomic E-state index is 0.0581. The first-order valence-electron chi connectivity index (χ1n) is 7.25. The summed E-state index contributed by atoms with van der Waals surface area (Å²) in [7, 11) is 0. The summed E-state index contributed by atoms with van der Waals surface area (Å²) in [5.74, 6) is 6.11. The van der Waals surface area contributed by atoms with Gasteiger partial charge in [-0.15, -0.1) is 0 Å². The standard InChI is InChI=1S/C18H22N2O/c1-3-17(21)20(19)18(2,16-12-8-5-9-13-16)14-15-10-6-4-7-11-15/h4-13H,3,14,19H2,1-2H3. The monoisotopic (exact) mass is 282 g/mol. The molecule has 0 heterocycles. The number of hydrazine groups is 1. The highest BCUT2D eigenvalue weighted by atomic mass is 16.2. The Kier molecular flexibility index (Phi) is 4.76. The van der Waals surface area contributed by atoms with Crippen molar-refractivity contribution in [2.75, 3.05) is 0 Å². The van der Waals surface area contributed by atoms with Crippen molar-refractivity contribution in [3.63, 3.8) is 0 Å². The lowest BCUT2D eigenvalue weighted by Gasteiger charge is -2.39. The molecule has 0 spiro atoms. The highest BCUT2D eigenvalue weighted by Crippen LogP contribution is 2.30. The molecule has 110 valence electrons. The molecule has 0 aliphatic rings. The van der Waals surface area contributed by atoms with E-state index < -0.39 is 5.54 Å². The third-order valence-corrected chi connectivity index (χ3v) is 3.89. The molecule has 0 saturated carbocycles. The van der Waals surface area contributed by atoms with E-state index in [9.17, 15) is 4.79 Å². The second-order valence-electron chi connectivity index (χ2n) is 5.42. The molecule has 1 amide bonds. The maximum Gasteiger partial charge on any atom is 0.237 e. The Labute approximate surface area is 126 Å².